The molecule has 3 aromatic rings. The molecule has 39 heavy (non-hydrogen) atoms. The van der Waals surface area contributed by atoms with Crippen LogP contribution in [0.1, 0.15) is 23.2 Å². The van der Waals surface area contributed by atoms with Gasteiger partial charge >= 0.3 is 6.18 Å². The summed E-state index contributed by atoms with van der Waals surface area (Å²) in [6, 6.07) is 4.06. The third-order valence-electron chi connectivity index (χ3n) is 5.84. The van der Waals surface area contributed by atoms with Gasteiger partial charge in [-0.25, -0.2) is 17.9 Å². The Labute approximate surface area is 222 Å². The highest BCUT2D eigenvalue weighted by Crippen LogP contribution is 2.34. The number of rotatable bonds is 6. The normalized spacial score (nSPS) is 14.1. The van der Waals surface area contributed by atoms with Gasteiger partial charge in [-0.2, -0.15) is 18.3 Å². The van der Waals surface area contributed by atoms with Crippen molar-refractivity contribution in [1.29, 1.82) is 0 Å². The van der Waals surface area contributed by atoms with Crippen molar-refractivity contribution in [2.45, 2.75) is 38.5 Å². The van der Waals surface area contributed by atoms with E-state index in [0.717, 1.165) is 17.0 Å². The lowest BCUT2D eigenvalue weighted by atomic mass is 10.0. The van der Waals surface area contributed by atoms with Crippen molar-refractivity contribution in [3.8, 4) is 0 Å². The maximum absolute atomic E-state index is 14.0. The van der Waals surface area contributed by atoms with E-state index in [0.29, 0.717) is 23.9 Å². The largest absolute Gasteiger partial charge is 0.416 e. The second-order valence-electron chi connectivity index (χ2n) is 8.89. The number of nitrogens with one attached hydrogen (secondary N) is 1. The number of aromatic nitrogens is 2. The van der Waals surface area contributed by atoms with Crippen molar-refractivity contribution in [1.82, 2.24) is 9.78 Å². The Hall–Kier alpha value is -3.84. The van der Waals surface area contributed by atoms with Crippen LogP contribution in [-0.4, -0.2) is 27.6 Å². The highest BCUT2D eigenvalue weighted by Gasteiger charge is 2.32. The van der Waals surface area contributed by atoms with Gasteiger partial charge in [0.25, 0.3) is 5.91 Å². The highest BCUT2D eigenvalue weighted by atomic mass is 35.5. The summed E-state index contributed by atoms with van der Waals surface area (Å²) in [7, 11) is 0. The van der Waals surface area contributed by atoms with Crippen LogP contribution in [-0.2, 0) is 28.7 Å². The fourth-order valence-corrected chi connectivity index (χ4v) is 4.16. The molecular weight excluding hydrogens is 552 g/mol. The third kappa shape index (κ3) is 6.25. The Balaban J connectivity index is 1.55. The van der Waals surface area contributed by atoms with E-state index in [2.05, 4.69) is 10.4 Å². The molecule has 14 heteroatoms. The van der Waals surface area contributed by atoms with Gasteiger partial charge in [0.2, 0.25) is 5.91 Å². The Bertz CT molecular complexity index is 1490. The number of hydrogen-bond donors (Lipinski definition) is 2. The van der Waals surface area contributed by atoms with E-state index in [-0.39, 0.29) is 47.1 Å². The van der Waals surface area contributed by atoms with Crippen LogP contribution < -0.4 is 16.0 Å². The topological polar surface area (TPSA) is 93.2 Å². The number of carbonyl (C=O) groups excluding carboxylic acids is 2. The fraction of sp³-hybridized carbons (Fsp3) is 0.240. The predicted octanol–water partition coefficient (Wildman–Crippen LogP) is 5.11. The molecule has 1 aromatic heterocycles. The minimum Gasteiger partial charge on any atom is -0.327 e. The van der Waals surface area contributed by atoms with E-state index < -0.39 is 47.0 Å². The molecule has 0 unspecified atom stereocenters. The lowest BCUT2D eigenvalue weighted by molar-refractivity contribution is -0.137. The molecule has 0 saturated carbocycles. The summed E-state index contributed by atoms with van der Waals surface area (Å²) >= 11 is 5.98. The first-order chi connectivity index (χ1) is 18.2. The van der Waals surface area contributed by atoms with Crippen LogP contribution in [0.15, 0.2) is 48.2 Å². The van der Waals surface area contributed by atoms with Crippen LogP contribution in [0.4, 0.5) is 37.8 Å². The number of alkyl halides is 3. The Kier molecular flexibility index (Phi) is 7.75. The SMILES string of the molecule is Cc1cc2n(n1)CC(C(=O)Nc1cc(C(F)(F)F)ccc1Cl)=CN2C(=O)C[C@H](N)Cc1cc(F)c(F)cc1F. The standard InChI is InChI=1S/C25H20ClF6N5O2/c1-12-4-22-36(23(38)8-16(33)5-13-6-19(28)20(29)9-18(13)27)10-14(11-37(22)35-12)24(39)34-21-7-15(25(30,31)32)2-3-17(21)26/h2-4,6-7,9-10,16H,5,8,11,33H2,1H3,(H,34,39)/t16-/m1/s1. The summed E-state index contributed by atoms with van der Waals surface area (Å²) in [4.78, 5) is 27.3. The van der Waals surface area contributed by atoms with Gasteiger partial charge in [0.15, 0.2) is 11.6 Å². The smallest absolute Gasteiger partial charge is 0.327 e. The minimum absolute atomic E-state index is 0.0346. The summed E-state index contributed by atoms with van der Waals surface area (Å²) in [6.45, 7) is 1.54. The van der Waals surface area contributed by atoms with E-state index in [9.17, 15) is 35.9 Å². The molecule has 1 aliphatic rings. The average molecular weight is 572 g/mol. The quantitative estimate of drug-likeness (QED) is 0.318. The Morgan fingerprint density at radius 1 is 1.10 bits per heavy atom. The number of nitrogens with two attached hydrogens (primary N) is 1. The maximum Gasteiger partial charge on any atom is 0.416 e. The maximum atomic E-state index is 14.0. The summed E-state index contributed by atoms with van der Waals surface area (Å²) in [6.07, 6.45) is -4.14. The summed E-state index contributed by atoms with van der Waals surface area (Å²) in [5.74, 6) is -4.82. The molecule has 1 aliphatic heterocycles. The molecule has 206 valence electrons. The zero-order valence-electron chi connectivity index (χ0n) is 20.1. The van der Waals surface area contributed by atoms with Crippen molar-refractivity contribution in [2.75, 3.05) is 10.2 Å². The summed E-state index contributed by atoms with van der Waals surface area (Å²) in [5.41, 5.74) is 4.95. The van der Waals surface area contributed by atoms with E-state index in [4.69, 9.17) is 17.3 Å². The molecule has 0 bridgehead atoms. The number of aryl methyl sites for hydroxylation is 1. The first-order valence-corrected chi connectivity index (χ1v) is 11.7. The number of benzene rings is 2. The van der Waals surface area contributed by atoms with Crippen LogP contribution >= 0.6 is 11.6 Å². The Morgan fingerprint density at radius 2 is 1.79 bits per heavy atom. The first kappa shape index (κ1) is 28.2. The molecular formula is C25H20ClF6N5O2. The zero-order valence-corrected chi connectivity index (χ0v) is 20.9. The number of hydrogen-bond acceptors (Lipinski definition) is 4. The fourth-order valence-electron chi connectivity index (χ4n) is 3.99. The molecule has 7 nitrogen and oxygen atoms in total. The van der Waals surface area contributed by atoms with E-state index in [1.165, 1.54) is 10.9 Å². The van der Waals surface area contributed by atoms with Gasteiger partial charge in [0.1, 0.15) is 11.6 Å². The second kappa shape index (κ2) is 10.7. The van der Waals surface area contributed by atoms with Crippen molar-refractivity contribution in [2.24, 2.45) is 5.73 Å². The van der Waals surface area contributed by atoms with Crippen molar-refractivity contribution in [3.63, 3.8) is 0 Å². The van der Waals surface area contributed by atoms with E-state index in [1.54, 1.807) is 13.0 Å². The predicted molar refractivity (Wildman–Crippen MR) is 130 cm³/mol. The zero-order chi connectivity index (χ0) is 28.6. The molecule has 0 fully saturated rings. The van der Waals surface area contributed by atoms with Gasteiger partial charge in [-0.3, -0.25) is 14.5 Å². The number of halogens is 7. The van der Waals surface area contributed by atoms with E-state index in [1.807, 2.05) is 0 Å². The number of fused-ring (bicyclic) bond motifs is 1. The lowest BCUT2D eigenvalue weighted by Gasteiger charge is -2.27. The van der Waals surface area contributed by atoms with Gasteiger partial charge < -0.3 is 11.1 Å². The molecule has 0 spiro atoms. The van der Waals surface area contributed by atoms with Crippen LogP contribution in [0.3, 0.4) is 0 Å². The second-order valence-corrected chi connectivity index (χ2v) is 9.30. The highest BCUT2D eigenvalue weighted by molar-refractivity contribution is 6.34. The number of amides is 2. The molecule has 2 aromatic carbocycles. The van der Waals surface area contributed by atoms with Crippen molar-refractivity contribution < 1.29 is 35.9 Å². The molecule has 1 atom stereocenters. The Morgan fingerprint density at radius 3 is 2.49 bits per heavy atom. The number of nitrogens with zero attached hydrogens (tertiary/aromatic N) is 3. The van der Waals surface area contributed by atoms with Gasteiger partial charge in [0, 0.05) is 30.8 Å². The molecule has 2 heterocycles. The van der Waals surface area contributed by atoms with Gasteiger partial charge in [-0.15, -0.1) is 0 Å². The van der Waals surface area contributed by atoms with Crippen molar-refractivity contribution in [3.05, 3.63) is 87.5 Å². The molecule has 3 N–H and O–H groups in total. The van der Waals surface area contributed by atoms with Crippen LogP contribution in [0, 0.1) is 24.4 Å². The molecule has 0 aliphatic carbocycles. The van der Waals surface area contributed by atoms with Gasteiger partial charge in [0.05, 0.1) is 34.1 Å². The monoisotopic (exact) mass is 571 g/mol. The molecule has 0 radical (unpaired) electrons. The molecule has 2 amide bonds. The number of anilines is 2. The van der Waals surface area contributed by atoms with E-state index >= 15 is 0 Å². The summed E-state index contributed by atoms with van der Waals surface area (Å²) < 4.78 is 81.5. The van der Waals surface area contributed by atoms with Crippen LogP contribution in [0.5, 0.6) is 0 Å². The summed E-state index contributed by atoms with van der Waals surface area (Å²) in [5, 5.41) is 6.43. The third-order valence-corrected chi connectivity index (χ3v) is 6.17. The number of carbonyl (C=O) groups is 2. The molecule has 4 rings (SSSR count). The lowest BCUT2D eigenvalue weighted by Crippen LogP contribution is -2.38. The van der Waals surface area contributed by atoms with Crippen LogP contribution in [0.25, 0.3) is 0 Å². The van der Waals surface area contributed by atoms with Gasteiger partial charge in [-0.1, -0.05) is 11.6 Å². The minimum atomic E-state index is -4.67. The first-order valence-electron chi connectivity index (χ1n) is 11.4. The average Bonchev–Trinajstić information content (AvgIpc) is 3.22. The van der Waals surface area contributed by atoms with Crippen molar-refractivity contribution >= 4 is 34.9 Å². The molecule has 0 saturated heterocycles. The van der Waals surface area contributed by atoms with Crippen LogP contribution in [0.2, 0.25) is 5.02 Å². The van der Waals surface area contributed by atoms with Gasteiger partial charge in [-0.05, 0) is 43.2 Å².